The Hall–Kier alpha value is -0.420. The fraction of sp³-hybridized carbons (Fsp3) is 0.500. The minimum Gasteiger partial charge on any atom is -0.386 e. The van der Waals surface area contributed by atoms with Crippen LogP contribution in [-0.2, 0) is 0 Å². The van der Waals surface area contributed by atoms with Crippen molar-refractivity contribution in [1.29, 1.82) is 0 Å². The van der Waals surface area contributed by atoms with Crippen molar-refractivity contribution in [3.05, 3.63) is 22.4 Å². The summed E-state index contributed by atoms with van der Waals surface area (Å²) in [5.41, 5.74) is 5.29. The number of hydrogen-bond donors (Lipinski definition) is 3. The molecule has 0 amide bonds. The molecule has 4 N–H and O–H groups in total. The van der Waals surface area contributed by atoms with Crippen molar-refractivity contribution in [2.45, 2.75) is 6.10 Å². The average Bonchev–Trinajstić information content (AvgIpc) is 2.56. The Kier molecular flexibility index (Phi) is 4.24. The van der Waals surface area contributed by atoms with E-state index in [1.807, 2.05) is 17.5 Å². The Morgan fingerprint density at radius 2 is 2.50 bits per heavy atom. The van der Waals surface area contributed by atoms with Crippen LogP contribution >= 0.6 is 11.3 Å². The van der Waals surface area contributed by atoms with Crippen LogP contribution in [0.4, 0.5) is 0 Å². The SMILES string of the molecule is NCCNCC(O)c1cccs1. The van der Waals surface area contributed by atoms with Gasteiger partial charge in [-0.05, 0) is 11.4 Å². The van der Waals surface area contributed by atoms with Crippen molar-refractivity contribution < 1.29 is 5.11 Å². The highest BCUT2D eigenvalue weighted by molar-refractivity contribution is 7.10. The zero-order chi connectivity index (χ0) is 8.81. The van der Waals surface area contributed by atoms with Gasteiger partial charge in [0.15, 0.2) is 0 Å². The summed E-state index contributed by atoms with van der Waals surface area (Å²) in [5, 5.41) is 14.6. The predicted molar refractivity (Wildman–Crippen MR) is 51.2 cm³/mol. The zero-order valence-electron chi connectivity index (χ0n) is 6.86. The van der Waals surface area contributed by atoms with Gasteiger partial charge in [-0.15, -0.1) is 11.3 Å². The minimum absolute atomic E-state index is 0.392. The van der Waals surface area contributed by atoms with Gasteiger partial charge in [-0.3, -0.25) is 0 Å². The fourth-order valence-electron chi connectivity index (χ4n) is 0.922. The molecule has 1 rings (SSSR count). The summed E-state index contributed by atoms with van der Waals surface area (Å²) >= 11 is 1.57. The molecule has 0 aliphatic carbocycles. The van der Waals surface area contributed by atoms with Gasteiger partial charge in [0.2, 0.25) is 0 Å². The normalized spacial score (nSPS) is 13.2. The molecule has 0 aromatic carbocycles. The Bertz CT molecular complexity index is 201. The number of rotatable bonds is 5. The molecule has 0 fully saturated rings. The molecule has 0 radical (unpaired) electrons. The molecule has 68 valence electrons. The molecule has 0 spiro atoms. The molecule has 0 saturated heterocycles. The van der Waals surface area contributed by atoms with E-state index < -0.39 is 6.10 Å². The van der Waals surface area contributed by atoms with Crippen molar-refractivity contribution in [1.82, 2.24) is 5.32 Å². The van der Waals surface area contributed by atoms with Crippen molar-refractivity contribution >= 4 is 11.3 Å². The zero-order valence-corrected chi connectivity index (χ0v) is 7.68. The Balaban J connectivity index is 2.25. The number of aliphatic hydroxyl groups excluding tert-OH is 1. The van der Waals surface area contributed by atoms with Crippen LogP contribution in [0.25, 0.3) is 0 Å². The second-order valence-electron chi connectivity index (χ2n) is 2.52. The lowest BCUT2D eigenvalue weighted by molar-refractivity contribution is 0.179. The van der Waals surface area contributed by atoms with Crippen molar-refractivity contribution in [2.75, 3.05) is 19.6 Å². The van der Waals surface area contributed by atoms with E-state index in [2.05, 4.69) is 5.32 Å². The van der Waals surface area contributed by atoms with Gasteiger partial charge in [-0.2, -0.15) is 0 Å². The topological polar surface area (TPSA) is 58.3 Å². The highest BCUT2D eigenvalue weighted by atomic mass is 32.1. The number of aliphatic hydroxyl groups is 1. The van der Waals surface area contributed by atoms with Gasteiger partial charge in [-0.1, -0.05) is 6.07 Å². The van der Waals surface area contributed by atoms with Crippen LogP contribution < -0.4 is 11.1 Å². The lowest BCUT2D eigenvalue weighted by atomic mass is 10.3. The van der Waals surface area contributed by atoms with Crippen LogP contribution in [0, 0.1) is 0 Å². The number of nitrogens with two attached hydrogens (primary N) is 1. The van der Waals surface area contributed by atoms with Gasteiger partial charge < -0.3 is 16.2 Å². The molecule has 0 aliphatic heterocycles. The molecule has 0 aliphatic rings. The molecule has 0 saturated carbocycles. The molecule has 1 aromatic rings. The number of hydrogen-bond acceptors (Lipinski definition) is 4. The van der Waals surface area contributed by atoms with E-state index in [1.165, 1.54) is 0 Å². The molecule has 4 heteroatoms. The molecular weight excluding hydrogens is 172 g/mol. The Morgan fingerprint density at radius 3 is 3.08 bits per heavy atom. The first kappa shape index (κ1) is 9.67. The predicted octanol–water partition coefficient (Wildman–Crippen LogP) is 0.330. The van der Waals surface area contributed by atoms with Gasteiger partial charge in [0, 0.05) is 24.5 Å². The highest BCUT2D eigenvalue weighted by Crippen LogP contribution is 2.17. The monoisotopic (exact) mass is 186 g/mol. The van der Waals surface area contributed by atoms with E-state index >= 15 is 0 Å². The van der Waals surface area contributed by atoms with E-state index in [0.29, 0.717) is 13.1 Å². The first-order valence-electron chi connectivity index (χ1n) is 3.97. The third-order valence-corrected chi connectivity index (χ3v) is 2.50. The molecule has 1 atom stereocenters. The van der Waals surface area contributed by atoms with E-state index in [4.69, 9.17) is 5.73 Å². The quantitative estimate of drug-likeness (QED) is 0.581. The maximum absolute atomic E-state index is 9.54. The molecule has 1 unspecified atom stereocenters. The molecular formula is C8H14N2OS. The Morgan fingerprint density at radius 1 is 1.67 bits per heavy atom. The number of thiophene rings is 1. The molecule has 1 heterocycles. The second kappa shape index (κ2) is 5.27. The lowest BCUT2D eigenvalue weighted by Crippen LogP contribution is -2.26. The van der Waals surface area contributed by atoms with Gasteiger partial charge in [-0.25, -0.2) is 0 Å². The molecule has 3 nitrogen and oxygen atoms in total. The van der Waals surface area contributed by atoms with Crippen molar-refractivity contribution in [2.24, 2.45) is 5.73 Å². The van der Waals surface area contributed by atoms with Crippen molar-refractivity contribution in [3.8, 4) is 0 Å². The maximum atomic E-state index is 9.54. The van der Waals surface area contributed by atoms with Crippen LogP contribution in [-0.4, -0.2) is 24.7 Å². The van der Waals surface area contributed by atoms with Crippen LogP contribution in [0.1, 0.15) is 11.0 Å². The summed E-state index contributed by atoms with van der Waals surface area (Å²) in [6, 6.07) is 3.87. The van der Waals surface area contributed by atoms with Crippen LogP contribution in [0.5, 0.6) is 0 Å². The third kappa shape index (κ3) is 2.91. The van der Waals surface area contributed by atoms with Crippen molar-refractivity contribution in [3.63, 3.8) is 0 Å². The standard InChI is InChI=1S/C8H14N2OS/c9-3-4-10-6-7(11)8-2-1-5-12-8/h1-2,5,7,10-11H,3-4,6,9H2. The first-order valence-corrected chi connectivity index (χ1v) is 4.85. The fourth-order valence-corrected chi connectivity index (χ4v) is 1.63. The summed E-state index contributed by atoms with van der Waals surface area (Å²) in [5.74, 6) is 0. The van der Waals surface area contributed by atoms with E-state index in [-0.39, 0.29) is 0 Å². The summed E-state index contributed by atoms with van der Waals surface area (Å²) in [6.45, 7) is 1.94. The third-order valence-electron chi connectivity index (χ3n) is 1.53. The van der Waals surface area contributed by atoms with Crippen LogP contribution in [0.15, 0.2) is 17.5 Å². The average molecular weight is 186 g/mol. The summed E-state index contributed by atoms with van der Waals surface area (Å²) in [6.07, 6.45) is -0.392. The van der Waals surface area contributed by atoms with Gasteiger partial charge >= 0.3 is 0 Å². The summed E-state index contributed by atoms with van der Waals surface area (Å²) < 4.78 is 0. The maximum Gasteiger partial charge on any atom is 0.101 e. The highest BCUT2D eigenvalue weighted by Gasteiger charge is 2.06. The van der Waals surface area contributed by atoms with E-state index in [1.54, 1.807) is 11.3 Å². The molecule has 0 bridgehead atoms. The van der Waals surface area contributed by atoms with Crippen LogP contribution in [0.2, 0.25) is 0 Å². The minimum atomic E-state index is -0.392. The Labute approximate surface area is 76.2 Å². The largest absolute Gasteiger partial charge is 0.386 e. The van der Waals surface area contributed by atoms with Gasteiger partial charge in [0.05, 0.1) is 0 Å². The molecule has 1 aromatic heterocycles. The summed E-state index contributed by atoms with van der Waals surface area (Å²) in [7, 11) is 0. The van der Waals surface area contributed by atoms with Crippen LogP contribution in [0.3, 0.4) is 0 Å². The second-order valence-corrected chi connectivity index (χ2v) is 3.50. The number of nitrogens with one attached hydrogen (secondary N) is 1. The first-order chi connectivity index (χ1) is 5.84. The van der Waals surface area contributed by atoms with E-state index in [9.17, 15) is 5.11 Å². The smallest absolute Gasteiger partial charge is 0.101 e. The summed E-state index contributed by atoms with van der Waals surface area (Å²) in [4.78, 5) is 1.000. The van der Waals surface area contributed by atoms with E-state index in [0.717, 1.165) is 11.4 Å². The van der Waals surface area contributed by atoms with Gasteiger partial charge in [0.25, 0.3) is 0 Å². The molecule has 12 heavy (non-hydrogen) atoms. The van der Waals surface area contributed by atoms with Gasteiger partial charge in [0.1, 0.15) is 6.10 Å². The lowest BCUT2D eigenvalue weighted by Gasteiger charge is -2.08.